The molecule has 4 nitrogen and oxygen atoms in total. The van der Waals surface area contributed by atoms with Crippen LogP contribution in [0.25, 0.3) is 0 Å². The van der Waals surface area contributed by atoms with Crippen molar-refractivity contribution in [3.8, 4) is 0 Å². The Hall–Kier alpha value is -1.55. The number of likely N-dealkylation sites (tertiary alicyclic amines) is 1. The van der Waals surface area contributed by atoms with Crippen LogP contribution in [0, 0.1) is 26.7 Å². The van der Waals surface area contributed by atoms with E-state index < -0.39 is 5.60 Å². The number of benzene rings is 1. The zero-order valence-electron chi connectivity index (χ0n) is 16.2. The third-order valence-corrected chi connectivity index (χ3v) is 4.88. The summed E-state index contributed by atoms with van der Waals surface area (Å²) in [6.07, 6.45) is 0.800. The Labute approximate surface area is 146 Å². The molecular weight excluding hydrogens is 300 g/mol. The van der Waals surface area contributed by atoms with Gasteiger partial charge in [0.2, 0.25) is 0 Å². The van der Waals surface area contributed by atoms with Crippen molar-refractivity contribution in [3.05, 3.63) is 34.4 Å². The van der Waals surface area contributed by atoms with Gasteiger partial charge >= 0.3 is 6.09 Å². The van der Waals surface area contributed by atoms with Gasteiger partial charge in [0.1, 0.15) is 5.60 Å². The first kappa shape index (κ1) is 18.8. The number of ether oxygens (including phenoxy) is 1. The number of aryl methyl sites for hydroxylation is 3. The summed E-state index contributed by atoms with van der Waals surface area (Å²) in [5, 5.41) is 3.48. The summed E-state index contributed by atoms with van der Waals surface area (Å²) in [4.78, 5) is 14.1. The molecule has 1 aliphatic heterocycles. The van der Waals surface area contributed by atoms with Gasteiger partial charge in [-0.05, 0) is 83.2 Å². The molecule has 1 heterocycles. The largest absolute Gasteiger partial charge is 0.444 e. The number of carbonyl (C=O) groups is 1. The summed E-state index contributed by atoms with van der Waals surface area (Å²) in [5.41, 5.74) is 4.86. The first-order valence-corrected chi connectivity index (χ1v) is 8.85. The highest BCUT2D eigenvalue weighted by molar-refractivity contribution is 5.68. The Kier molecular flexibility index (Phi) is 5.59. The molecule has 2 atom stereocenters. The predicted octanol–water partition coefficient (Wildman–Crippen LogP) is 4.13. The summed E-state index contributed by atoms with van der Waals surface area (Å²) in [6.45, 7) is 13.7. The quantitative estimate of drug-likeness (QED) is 0.905. The van der Waals surface area contributed by atoms with Crippen LogP contribution in [0.4, 0.5) is 4.79 Å². The van der Waals surface area contributed by atoms with Crippen molar-refractivity contribution in [2.45, 2.75) is 59.6 Å². The van der Waals surface area contributed by atoms with E-state index in [4.69, 9.17) is 4.74 Å². The topological polar surface area (TPSA) is 41.6 Å². The van der Waals surface area contributed by atoms with Gasteiger partial charge in [0.25, 0.3) is 0 Å². The van der Waals surface area contributed by atoms with E-state index in [1.165, 1.54) is 22.3 Å². The van der Waals surface area contributed by atoms with Gasteiger partial charge in [-0.25, -0.2) is 4.79 Å². The molecule has 4 heteroatoms. The molecular formula is C20H32N2O2. The molecule has 2 unspecified atom stereocenters. The van der Waals surface area contributed by atoms with Crippen LogP contribution in [-0.2, 0) is 4.74 Å². The van der Waals surface area contributed by atoms with E-state index in [1.807, 2.05) is 32.7 Å². The van der Waals surface area contributed by atoms with Crippen molar-refractivity contribution in [1.29, 1.82) is 0 Å². The highest BCUT2D eigenvalue weighted by Gasteiger charge is 2.34. The highest BCUT2D eigenvalue weighted by atomic mass is 16.6. The molecule has 2 rings (SSSR count). The number of hydrogen-bond donors (Lipinski definition) is 1. The lowest BCUT2D eigenvalue weighted by molar-refractivity contribution is 0.0285. The lowest BCUT2D eigenvalue weighted by Crippen LogP contribution is -2.36. The maximum Gasteiger partial charge on any atom is 0.410 e. The highest BCUT2D eigenvalue weighted by Crippen LogP contribution is 2.33. The van der Waals surface area contributed by atoms with Crippen LogP contribution < -0.4 is 5.32 Å². The minimum Gasteiger partial charge on any atom is -0.444 e. The van der Waals surface area contributed by atoms with Crippen LogP contribution >= 0.6 is 0 Å². The standard InChI is InChI=1S/C20H32N2O2/c1-13-10-15(3)17(11-14(13)2)18(21-7)16-8-9-22(12-16)19(23)24-20(4,5)6/h10-11,16,18,21H,8-9,12H2,1-7H3. The maximum atomic E-state index is 12.3. The molecule has 1 aliphatic rings. The van der Waals surface area contributed by atoms with Gasteiger partial charge < -0.3 is 15.0 Å². The van der Waals surface area contributed by atoms with E-state index in [0.717, 1.165) is 19.5 Å². The number of hydrogen-bond acceptors (Lipinski definition) is 3. The summed E-state index contributed by atoms with van der Waals surface area (Å²) in [7, 11) is 2.01. The minimum atomic E-state index is -0.442. The van der Waals surface area contributed by atoms with Crippen molar-refractivity contribution in [2.24, 2.45) is 5.92 Å². The maximum absolute atomic E-state index is 12.3. The summed E-state index contributed by atoms with van der Waals surface area (Å²) in [6, 6.07) is 4.81. The van der Waals surface area contributed by atoms with Gasteiger partial charge in [-0.2, -0.15) is 0 Å². The smallest absolute Gasteiger partial charge is 0.410 e. The number of amides is 1. The number of nitrogens with one attached hydrogen (secondary N) is 1. The number of rotatable bonds is 3. The van der Waals surface area contributed by atoms with E-state index in [9.17, 15) is 4.79 Å². The Morgan fingerprint density at radius 1 is 1.21 bits per heavy atom. The molecule has 0 saturated carbocycles. The molecule has 1 aromatic carbocycles. The molecule has 134 valence electrons. The van der Waals surface area contributed by atoms with Crippen molar-refractivity contribution in [3.63, 3.8) is 0 Å². The molecule has 1 fully saturated rings. The van der Waals surface area contributed by atoms with Crippen LogP contribution in [0.2, 0.25) is 0 Å². The second kappa shape index (κ2) is 7.14. The van der Waals surface area contributed by atoms with Gasteiger partial charge in [-0.3, -0.25) is 0 Å². The molecule has 0 aliphatic carbocycles. The van der Waals surface area contributed by atoms with Crippen molar-refractivity contribution in [1.82, 2.24) is 10.2 Å². The third-order valence-electron chi connectivity index (χ3n) is 4.88. The molecule has 1 N–H and O–H groups in total. The first-order valence-electron chi connectivity index (χ1n) is 8.85. The van der Waals surface area contributed by atoms with Gasteiger partial charge in [0, 0.05) is 19.1 Å². The van der Waals surface area contributed by atoms with E-state index in [1.54, 1.807) is 0 Å². The lowest BCUT2D eigenvalue weighted by atomic mass is 9.87. The molecule has 0 spiro atoms. The SMILES string of the molecule is CNC(c1cc(C)c(C)cc1C)C1CCN(C(=O)OC(C)(C)C)C1. The Balaban J connectivity index is 2.13. The monoisotopic (exact) mass is 332 g/mol. The molecule has 0 radical (unpaired) electrons. The van der Waals surface area contributed by atoms with Gasteiger partial charge in [-0.1, -0.05) is 12.1 Å². The normalized spacial score (nSPS) is 19.5. The Morgan fingerprint density at radius 3 is 2.42 bits per heavy atom. The summed E-state index contributed by atoms with van der Waals surface area (Å²) in [5.74, 6) is 0.406. The fourth-order valence-corrected chi connectivity index (χ4v) is 3.51. The van der Waals surface area contributed by atoms with Crippen molar-refractivity contribution < 1.29 is 9.53 Å². The lowest BCUT2D eigenvalue weighted by Gasteiger charge is -2.27. The van der Waals surface area contributed by atoms with Crippen molar-refractivity contribution >= 4 is 6.09 Å². The van der Waals surface area contributed by atoms with E-state index in [-0.39, 0.29) is 12.1 Å². The van der Waals surface area contributed by atoms with E-state index in [0.29, 0.717) is 5.92 Å². The second-order valence-corrected chi connectivity index (χ2v) is 8.03. The van der Waals surface area contributed by atoms with Crippen LogP contribution in [0.5, 0.6) is 0 Å². The molecule has 24 heavy (non-hydrogen) atoms. The number of carbonyl (C=O) groups excluding carboxylic acids is 1. The average Bonchev–Trinajstić information content (AvgIpc) is 2.93. The molecule has 0 aromatic heterocycles. The molecule has 1 saturated heterocycles. The average molecular weight is 332 g/mol. The summed E-state index contributed by atoms with van der Waals surface area (Å²) < 4.78 is 5.51. The van der Waals surface area contributed by atoms with Gasteiger partial charge in [-0.15, -0.1) is 0 Å². The fraction of sp³-hybridized carbons (Fsp3) is 0.650. The van der Waals surface area contributed by atoms with Crippen LogP contribution in [0.3, 0.4) is 0 Å². The molecule has 1 aromatic rings. The minimum absolute atomic E-state index is 0.198. The van der Waals surface area contributed by atoms with Crippen molar-refractivity contribution in [2.75, 3.05) is 20.1 Å². The first-order chi connectivity index (χ1) is 11.1. The van der Waals surface area contributed by atoms with E-state index in [2.05, 4.69) is 38.2 Å². The van der Waals surface area contributed by atoms with E-state index >= 15 is 0 Å². The summed E-state index contributed by atoms with van der Waals surface area (Å²) >= 11 is 0. The molecule has 1 amide bonds. The zero-order chi connectivity index (χ0) is 18.1. The Morgan fingerprint density at radius 2 is 1.83 bits per heavy atom. The van der Waals surface area contributed by atoms with Gasteiger partial charge in [0.15, 0.2) is 0 Å². The van der Waals surface area contributed by atoms with Crippen LogP contribution in [0.1, 0.15) is 55.5 Å². The van der Waals surface area contributed by atoms with Gasteiger partial charge in [0.05, 0.1) is 0 Å². The predicted molar refractivity (Wildman–Crippen MR) is 98.4 cm³/mol. The fourth-order valence-electron chi connectivity index (χ4n) is 3.51. The zero-order valence-corrected chi connectivity index (χ0v) is 16.2. The Bertz CT molecular complexity index is 604. The van der Waals surface area contributed by atoms with Crippen LogP contribution in [-0.4, -0.2) is 36.7 Å². The van der Waals surface area contributed by atoms with Crippen LogP contribution in [0.15, 0.2) is 12.1 Å². The third kappa shape index (κ3) is 4.29. The second-order valence-electron chi connectivity index (χ2n) is 8.03. The number of nitrogens with zero attached hydrogens (tertiary/aromatic N) is 1. The molecule has 0 bridgehead atoms.